The lowest BCUT2D eigenvalue weighted by Gasteiger charge is -2.08. The molecule has 3 aromatic rings. The van der Waals surface area contributed by atoms with E-state index in [2.05, 4.69) is 26.6 Å². The van der Waals surface area contributed by atoms with E-state index in [4.69, 9.17) is 21.3 Å². The molecule has 0 amide bonds. The van der Waals surface area contributed by atoms with Crippen LogP contribution in [0.3, 0.4) is 0 Å². The van der Waals surface area contributed by atoms with Crippen LogP contribution in [0.2, 0.25) is 5.02 Å². The summed E-state index contributed by atoms with van der Waals surface area (Å²) >= 11 is 6.10. The maximum atomic E-state index is 9.08. The molecule has 0 saturated carbocycles. The van der Waals surface area contributed by atoms with Crippen LogP contribution in [-0.2, 0) is 6.42 Å². The monoisotopic (exact) mass is 313 g/mol. The molecule has 22 heavy (non-hydrogen) atoms. The molecular formula is C15H12ClN5O. The fourth-order valence-corrected chi connectivity index (χ4v) is 2.27. The largest absolute Gasteiger partial charge is 0.461 e. The Hall–Kier alpha value is -2.78. The summed E-state index contributed by atoms with van der Waals surface area (Å²) in [5, 5.41) is 19.7. The number of benzene rings is 1. The zero-order valence-electron chi connectivity index (χ0n) is 11.5. The van der Waals surface area contributed by atoms with E-state index in [1.807, 2.05) is 0 Å². The van der Waals surface area contributed by atoms with Crippen LogP contribution in [0.4, 0.5) is 5.69 Å². The molecule has 2 aromatic heterocycles. The van der Waals surface area contributed by atoms with Gasteiger partial charge in [-0.3, -0.25) is 5.10 Å². The number of nitriles is 1. The van der Waals surface area contributed by atoms with Crippen molar-refractivity contribution >= 4 is 17.3 Å². The van der Waals surface area contributed by atoms with Crippen LogP contribution in [0.25, 0.3) is 11.6 Å². The quantitative estimate of drug-likeness (QED) is 0.754. The average Bonchev–Trinajstić information content (AvgIpc) is 3.19. The maximum absolute atomic E-state index is 9.08. The first kappa shape index (κ1) is 14.2. The number of anilines is 1. The van der Waals surface area contributed by atoms with Crippen molar-refractivity contribution in [2.24, 2.45) is 0 Å². The van der Waals surface area contributed by atoms with Crippen molar-refractivity contribution in [3.63, 3.8) is 0 Å². The van der Waals surface area contributed by atoms with Crippen molar-refractivity contribution in [2.75, 3.05) is 11.9 Å². The van der Waals surface area contributed by atoms with E-state index in [0.717, 1.165) is 5.82 Å². The zero-order valence-corrected chi connectivity index (χ0v) is 12.3. The van der Waals surface area contributed by atoms with E-state index in [-0.39, 0.29) is 0 Å². The molecule has 0 bridgehead atoms. The van der Waals surface area contributed by atoms with Gasteiger partial charge in [0, 0.05) is 13.0 Å². The first-order valence-corrected chi connectivity index (χ1v) is 7.03. The molecule has 0 atom stereocenters. The van der Waals surface area contributed by atoms with Gasteiger partial charge in [-0.25, -0.2) is 4.98 Å². The molecule has 0 fully saturated rings. The average molecular weight is 314 g/mol. The third kappa shape index (κ3) is 2.95. The minimum Gasteiger partial charge on any atom is -0.461 e. The molecule has 0 radical (unpaired) electrons. The summed E-state index contributed by atoms with van der Waals surface area (Å²) < 4.78 is 5.24. The molecule has 0 aliphatic rings. The Morgan fingerprint density at radius 2 is 2.23 bits per heavy atom. The highest BCUT2D eigenvalue weighted by Crippen LogP contribution is 2.25. The Bertz CT molecular complexity index is 804. The Kier molecular flexibility index (Phi) is 4.08. The lowest BCUT2D eigenvalue weighted by atomic mass is 10.2. The van der Waals surface area contributed by atoms with Crippen molar-refractivity contribution in [1.82, 2.24) is 15.2 Å². The summed E-state index contributed by atoms with van der Waals surface area (Å²) in [5.41, 5.74) is 1.15. The van der Waals surface area contributed by atoms with Crippen LogP contribution >= 0.6 is 11.6 Å². The zero-order chi connectivity index (χ0) is 15.4. The molecule has 0 spiro atoms. The molecule has 7 heteroatoms. The smallest absolute Gasteiger partial charge is 0.216 e. The van der Waals surface area contributed by atoms with Gasteiger partial charge < -0.3 is 9.73 Å². The number of hydrogen-bond acceptors (Lipinski definition) is 5. The van der Waals surface area contributed by atoms with Crippen LogP contribution in [0, 0.1) is 11.3 Å². The highest BCUT2D eigenvalue weighted by molar-refractivity contribution is 6.33. The topological polar surface area (TPSA) is 90.5 Å². The SMILES string of the molecule is N#Cc1cccc(Cl)c1NCCc1nc(-c2ccco2)n[nH]1. The van der Waals surface area contributed by atoms with Crippen LogP contribution in [0.1, 0.15) is 11.4 Å². The minimum atomic E-state index is 0.515. The molecule has 2 N–H and O–H groups in total. The van der Waals surface area contributed by atoms with Crippen LogP contribution in [0.5, 0.6) is 0 Å². The van der Waals surface area contributed by atoms with E-state index in [9.17, 15) is 0 Å². The number of H-pyrrole nitrogens is 1. The van der Waals surface area contributed by atoms with Gasteiger partial charge in [-0.1, -0.05) is 17.7 Å². The Morgan fingerprint density at radius 1 is 1.32 bits per heavy atom. The van der Waals surface area contributed by atoms with Gasteiger partial charge in [0.25, 0.3) is 0 Å². The summed E-state index contributed by atoms with van der Waals surface area (Å²) in [7, 11) is 0. The number of nitrogens with one attached hydrogen (secondary N) is 2. The molecule has 110 valence electrons. The molecule has 2 heterocycles. The second-order valence-corrected chi connectivity index (χ2v) is 4.94. The predicted octanol–water partition coefficient (Wildman–Crippen LogP) is 3.24. The number of furan rings is 1. The third-order valence-electron chi connectivity index (χ3n) is 3.07. The summed E-state index contributed by atoms with van der Waals surface area (Å²) in [6.45, 7) is 0.575. The highest BCUT2D eigenvalue weighted by Gasteiger charge is 2.09. The molecule has 0 aliphatic carbocycles. The van der Waals surface area contributed by atoms with Crippen molar-refractivity contribution in [3.05, 3.63) is 53.0 Å². The van der Waals surface area contributed by atoms with Gasteiger partial charge in [0.2, 0.25) is 5.82 Å². The van der Waals surface area contributed by atoms with Crippen molar-refractivity contribution in [3.8, 4) is 17.7 Å². The van der Waals surface area contributed by atoms with Crippen LogP contribution in [0.15, 0.2) is 41.0 Å². The molecule has 3 rings (SSSR count). The van der Waals surface area contributed by atoms with E-state index in [1.165, 1.54) is 0 Å². The van der Waals surface area contributed by atoms with Gasteiger partial charge in [-0.2, -0.15) is 10.4 Å². The number of para-hydroxylation sites is 1. The van der Waals surface area contributed by atoms with Gasteiger partial charge in [-0.15, -0.1) is 0 Å². The number of aromatic amines is 1. The molecular weight excluding hydrogens is 302 g/mol. The highest BCUT2D eigenvalue weighted by atomic mass is 35.5. The van der Waals surface area contributed by atoms with E-state index in [1.54, 1.807) is 36.6 Å². The van der Waals surface area contributed by atoms with E-state index < -0.39 is 0 Å². The fourth-order valence-electron chi connectivity index (χ4n) is 2.03. The van der Waals surface area contributed by atoms with Crippen molar-refractivity contribution in [2.45, 2.75) is 6.42 Å². The minimum absolute atomic E-state index is 0.515. The van der Waals surface area contributed by atoms with E-state index in [0.29, 0.717) is 40.8 Å². The summed E-state index contributed by atoms with van der Waals surface area (Å²) in [5.74, 6) is 1.87. The standard InChI is InChI=1S/C15H12ClN5O/c16-11-4-1-3-10(9-17)14(11)18-7-6-13-19-15(21-20-13)12-5-2-8-22-12/h1-5,8,18H,6-7H2,(H,19,20,21). The Morgan fingerprint density at radius 3 is 3.00 bits per heavy atom. The third-order valence-corrected chi connectivity index (χ3v) is 3.39. The molecule has 0 unspecified atom stereocenters. The molecule has 0 aliphatic heterocycles. The maximum Gasteiger partial charge on any atom is 0.216 e. The summed E-state index contributed by atoms with van der Waals surface area (Å²) in [6, 6.07) is 10.9. The van der Waals surface area contributed by atoms with Gasteiger partial charge in [0.15, 0.2) is 5.76 Å². The molecule has 0 saturated heterocycles. The first-order chi connectivity index (χ1) is 10.8. The fraction of sp³-hybridized carbons (Fsp3) is 0.133. The van der Waals surface area contributed by atoms with Gasteiger partial charge >= 0.3 is 0 Å². The summed E-state index contributed by atoms with van der Waals surface area (Å²) in [4.78, 5) is 4.35. The van der Waals surface area contributed by atoms with Crippen molar-refractivity contribution < 1.29 is 4.42 Å². The Balaban J connectivity index is 1.64. The number of rotatable bonds is 5. The first-order valence-electron chi connectivity index (χ1n) is 6.65. The lowest BCUT2D eigenvalue weighted by molar-refractivity contribution is 0.577. The predicted molar refractivity (Wildman–Crippen MR) is 82.4 cm³/mol. The normalized spacial score (nSPS) is 10.4. The van der Waals surface area contributed by atoms with Gasteiger partial charge in [0.05, 0.1) is 22.5 Å². The number of nitrogens with zero attached hydrogens (tertiary/aromatic N) is 3. The summed E-state index contributed by atoms with van der Waals surface area (Å²) in [6.07, 6.45) is 2.19. The second-order valence-electron chi connectivity index (χ2n) is 4.53. The van der Waals surface area contributed by atoms with Gasteiger partial charge in [0.1, 0.15) is 11.9 Å². The number of hydrogen-bond donors (Lipinski definition) is 2. The van der Waals surface area contributed by atoms with Crippen LogP contribution < -0.4 is 5.32 Å². The second kappa shape index (κ2) is 6.33. The van der Waals surface area contributed by atoms with Crippen LogP contribution in [-0.4, -0.2) is 21.7 Å². The van der Waals surface area contributed by atoms with Gasteiger partial charge in [-0.05, 0) is 24.3 Å². The lowest BCUT2D eigenvalue weighted by Crippen LogP contribution is -2.07. The number of halogens is 1. The molecule has 6 nitrogen and oxygen atoms in total. The number of aromatic nitrogens is 3. The van der Waals surface area contributed by atoms with Crippen molar-refractivity contribution in [1.29, 1.82) is 5.26 Å². The molecule has 1 aromatic carbocycles. The Labute approximate surface area is 131 Å². The van der Waals surface area contributed by atoms with E-state index >= 15 is 0 Å².